The van der Waals surface area contributed by atoms with Crippen LogP contribution in [0.2, 0.25) is 0 Å². The van der Waals surface area contributed by atoms with Crippen LogP contribution in [0.3, 0.4) is 0 Å². The second-order valence-electron chi connectivity index (χ2n) is 7.73. The highest BCUT2D eigenvalue weighted by atomic mass is 16.7. The van der Waals surface area contributed by atoms with Crippen LogP contribution in [0.15, 0.2) is 60.7 Å². The van der Waals surface area contributed by atoms with Crippen LogP contribution in [0, 0.1) is 0 Å². The number of ether oxygens (including phenoxy) is 1. The van der Waals surface area contributed by atoms with E-state index in [0.29, 0.717) is 19.6 Å². The highest BCUT2D eigenvalue weighted by Crippen LogP contribution is 2.46. The molecule has 1 aliphatic carbocycles. The van der Waals surface area contributed by atoms with Gasteiger partial charge in [0.05, 0.1) is 6.61 Å². The Balaban J connectivity index is 1.63. The third kappa shape index (κ3) is 5.68. The molecule has 30 heavy (non-hydrogen) atoms. The monoisotopic (exact) mass is 410 g/mol. The molecule has 0 radical (unpaired) electrons. The van der Waals surface area contributed by atoms with E-state index in [1.54, 1.807) is 0 Å². The molecule has 0 bridgehead atoms. The number of hydrogen-bond donors (Lipinski definition) is 0. The van der Waals surface area contributed by atoms with E-state index in [0.717, 1.165) is 30.4 Å². The van der Waals surface area contributed by atoms with Gasteiger partial charge in [-0.05, 0) is 37.3 Å². The van der Waals surface area contributed by atoms with Gasteiger partial charge >= 0.3 is 5.97 Å². The molecule has 1 atom stereocenters. The summed E-state index contributed by atoms with van der Waals surface area (Å²) in [6.45, 7) is 2.97. The largest absolute Gasteiger partial charge is 0.459 e. The average Bonchev–Trinajstić information content (AvgIpc) is 3.58. The van der Waals surface area contributed by atoms with Crippen LogP contribution in [0.1, 0.15) is 37.3 Å². The predicted molar refractivity (Wildman–Crippen MR) is 114 cm³/mol. The molecule has 1 aliphatic rings. The van der Waals surface area contributed by atoms with E-state index >= 15 is 0 Å². The molecule has 3 rings (SSSR count). The van der Waals surface area contributed by atoms with Gasteiger partial charge in [-0.25, -0.2) is 4.79 Å². The summed E-state index contributed by atoms with van der Waals surface area (Å²) in [5, 5.41) is 1.86. The van der Waals surface area contributed by atoms with Gasteiger partial charge in [0.1, 0.15) is 12.6 Å². The normalized spacial score (nSPS) is 15.4. The smallest absolute Gasteiger partial charge is 0.329 e. The molecule has 0 unspecified atom stereocenters. The van der Waals surface area contributed by atoms with Gasteiger partial charge in [-0.1, -0.05) is 60.7 Å². The van der Waals surface area contributed by atoms with Crippen molar-refractivity contribution in [1.29, 1.82) is 0 Å². The fraction of sp³-hybridized carbons (Fsp3) is 0.417. The lowest BCUT2D eigenvalue weighted by Crippen LogP contribution is -2.47. The Morgan fingerprint density at radius 3 is 2.10 bits per heavy atom. The molecule has 6 heteroatoms. The maximum absolute atomic E-state index is 12.9. The van der Waals surface area contributed by atoms with Crippen LogP contribution in [0.4, 0.5) is 0 Å². The van der Waals surface area contributed by atoms with E-state index in [4.69, 9.17) is 9.57 Å². The van der Waals surface area contributed by atoms with Gasteiger partial charge in [0.25, 0.3) is 0 Å². The minimum absolute atomic E-state index is 0.194. The van der Waals surface area contributed by atoms with Crippen LogP contribution >= 0.6 is 0 Å². The summed E-state index contributed by atoms with van der Waals surface area (Å²) >= 11 is 0. The summed E-state index contributed by atoms with van der Waals surface area (Å²) in [4.78, 5) is 32.0. The summed E-state index contributed by atoms with van der Waals surface area (Å²) in [6, 6.07) is 18.9. The van der Waals surface area contributed by atoms with Crippen molar-refractivity contribution in [2.75, 3.05) is 13.6 Å². The molecule has 0 aliphatic heterocycles. The number of carbonyl (C=O) groups excluding carboxylic acids is 2. The van der Waals surface area contributed by atoms with Gasteiger partial charge in [-0.15, -0.1) is 0 Å². The molecule has 6 nitrogen and oxygen atoms in total. The zero-order valence-corrected chi connectivity index (χ0v) is 17.7. The first-order valence-electron chi connectivity index (χ1n) is 10.4. The highest BCUT2D eigenvalue weighted by molar-refractivity contribution is 5.78. The topological polar surface area (TPSA) is 59.1 Å². The van der Waals surface area contributed by atoms with Crippen LogP contribution in [0.25, 0.3) is 0 Å². The fourth-order valence-electron chi connectivity index (χ4n) is 3.56. The lowest BCUT2D eigenvalue weighted by molar-refractivity contribution is -0.193. The maximum Gasteiger partial charge on any atom is 0.329 e. The minimum Gasteiger partial charge on any atom is -0.459 e. The van der Waals surface area contributed by atoms with Crippen molar-refractivity contribution < 1.29 is 19.2 Å². The van der Waals surface area contributed by atoms with Crippen molar-refractivity contribution in [3.63, 3.8) is 0 Å². The summed E-state index contributed by atoms with van der Waals surface area (Å²) in [7, 11) is 1.90. The number of carbonyl (C=O) groups is 2. The number of amides is 1. The second kappa shape index (κ2) is 10.4. The van der Waals surface area contributed by atoms with Crippen molar-refractivity contribution in [2.45, 2.75) is 51.0 Å². The molecule has 2 aromatic rings. The number of hydrogen-bond acceptors (Lipinski definition) is 5. The standard InChI is InChI=1S/C24H30N2O4/c1-3-26(19-27)22(23(28)29-17-20-10-6-4-7-11-20)16-24(14-15-24)25(2)30-18-21-12-8-5-9-13-21/h4-13,19,22H,3,14-18H2,1-2H3/t22-/m0/s1. The first-order valence-corrected chi connectivity index (χ1v) is 10.4. The highest BCUT2D eigenvalue weighted by Gasteiger charge is 2.51. The lowest BCUT2D eigenvalue weighted by Gasteiger charge is -2.33. The molecule has 0 aromatic heterocycles. The molecular formula is C24H30N2O4. The quantitative estimate of drug-likeness (QED) is 0.304. The van der Waals surface area contributed by atoms with Gasteiger partial charge in [0.15, 0.2) is 0 Å². The molecular weight excluding hydrogens is 380 g/mol. The van der Waals surface area contributed by atoms with E-state index in [-0.39, 0.29) is 18.1 Å². The molecule has 1 fully saturated rings. The number of benzene rings is 2. The molecule has 1 saturated carbocycles. The van der Waals surface area contributed by atoms with Gasteiger partial charge in [0.2, 0.25) is 6.41 Å². The molecule has 1 amide bonds. The fourth-order valence-corrected chi connectivity index (χ4v) is 3.56. The third-order valence-corrected chi connectivity index (χ3v) is 5.73. The summed E-state index contributed by atoms with van der Waals surface area (Å²) in [5.41, 5.74) is 1.74. The first-order chi connectivity index (χ1) is 14.6. The SMILES string of the molecule is CCN(C=O)[C@@H](CC1(N(C)OCc2ccccc2)CC1)C(=O)OCc1ccccc1. The number of esters is 1. The van der Waals surface area contributed by atoms with Crippen molar-refractivity contribution in [1.82, 2.24) is 9.96 Å². The number of rotatable bonds is 12. The summed E-state index contributed by atoms with van der Waals surface area (Å²) in [6.07, 6.45) is 3.04. The van der Waals surface area contributed by atoms with E-state index in [9.17, 15) is 9.59 Å². The van der Waals surface area contributed by atoms with Crippen molar-refractivity contribution in [2.24, 2.45) is 0 Å². The number of hydroxylamine groups is 2. The Hall–Kier alpha value is -2.70. The molecule has 0 spiro atoms. The van der Waals surface area contributed by atoms with Crippen molar-refractivity contribution >= 4 is 12.4 Å². The van der Waals surface area contributed by atoms with Crippen LogP contribution < -0.4 is 0 Å². The average molecular weight is 411 g/mol. The second-order valence-corrected chi connectivity index (χ2v) is 7.73. The molecule has 0 N–H and O–H groups in total. The Morgan fingerprint density at radius 2 is 1.60 bits per heavy atom. The van der Waals surface area contributed by atoms with E-state index in [2.05, 4.69) is 0 Å². The van der Waals surface area contributed by atoms with E-state index in [1.807, 2.05) is 79.7 Å². The van der Waals surface area contributed by atoms with Crippen LogP contribution in [-0.4, -0.2) is 47.5 Å². The molecule has 0 saturated heterocycles. The van der Waals surface area contributed by atoms with Gasteiger partial charge < -0.3 is 9.64 Å². The zero-order valence-electron chi connectivity index (χ0n) is 17.7. The minimum atomic E-state index is -0.638. The van der Waals surface area contributed by atoms with Crippen molar-refractivity contribution in [3.05, 3.63) is 71.8 Å². The van der Waals surface area contributed by atoms with E-state index in [1.165, 1.54) is 4.90 Å². The van der Waals surface area contributed by atoms with Gasteiger partial charge in [-0.3, -0.25) is 9.63 Å². The van der Waals surface area contributed by atoms with Gasteiger partial charge in [-0.2, -0.15) is 5.06 Å². The Bertz CT molecular complexity index is 808. The third-order valence-electron chi connectivity index (χ3n) is 5.73. The Labute approximate surface area is 178 Å². The molecule has 2 aromatic carbocycles. The van der Waals surface area contributed by atoms with Crippen molar-refractivity contribution in [3.8, 4) is 0 Å². The summed E-state index contributed by atoms with van der Waals surface area (Å²) < 4.78 is 5.56. The van der Waals surface area contributed by atoms with Gasteiger partial charge in [0, 0.05) is 19.1 Å². The zero-order chi connectivity index (χ0) is 21.4. The maximum atomic E-state index is 12.9. The molecule has 160 valence electrons. The first kappa shape index (κ1) is 22.0. The lowest BCUT2D eigenvalue weighted by atomic mass is 10.0. The predicted octanol–water partition coefficient (Wildman–Crippen LogP) is 3.56. The summed E-state index contributed by atoms with van der Waals surface area (Å²) in [5.74, 6) is -0.379. The van der Waals surface area contributed by atoms with Crippen LogP contribution in [0.5, 0.6) is 0 Å². The number of nitrogens with zero attached hydrogens (tertiary/aromatic N) is 2. The Morgan fingerprint density at radius 1 is 1.03 bits per heavy atom. The van der Waals surface area contributed by atoms with Crippen LogP contribution in [-0.2, 0) is 32.4 Å². The van der Waals surface area contributed by atoms with E-state index < -0.39 is 6.04 Å². The molecule has 0 heterocycles. The number of likely N-dealkylation sites (N-methyl/N-ethyl adjacent to an activating group) is 1. The Kier molecular flexibility index (Phi) is 7.60.